The first-order valence-electron chi connectivity index (χ1n) is 7.23. The molecule has 110 valence electrons. The predicted molar refractivity (Wildman–Crippen MR) is 76.9 cm³/mol. The minimum Gasteiger partial charge on any atom is -0.496 e. The molecule has 2 fully saturated rings. The lowest BCUT2D eigenvalue weighted by Crippen LogP contribution is -2.62. The molecule has 1 heterocycles. The Morgan fingerprint density at radius 3 is 2.65 bits per heavy atom. The van der Waals surface area contributed by atoms with Gasteiger partial charge in [0, 0.05) is 24.1 Å². The maximum Gasteiger partial charge on any atom is 0.124 e. The van der Waals surface area contributed by atoms with Crippen molar-refractivity contribution in [3.05, 3.63) is 29.8 Å². The summed E-state index contributed by atoms with van der Waals surface area (Å²) in [5.41, 5.74) is 1.43. The van der Waals surface area contributed by atoms with E-state index in [2.05, 4.69) is 11.9 Å². The van der Waals surface area contributed by atoms with E-state index in [0.717, 1.165) is 24.2 Å². The number of benzene rings is 1. The van der Waals surface area contributed by atoms with E-state index in [0.29, 0.717) is 5.41 Å². The van der Waals surface area contributed by atoms with E-state index in [9.17, 15) is 5.11 Å². The van der Waals surface area contributed by atoms with E-state index in [1.807, 2.05) is 24.3 Å². The first kappa shape index (κ1) is 13.9. The smallest absolute Gasteiger partial charge is 0.124 e. The number of nitrogens with zero attached hydrogens (tertiary/aromatic N) is 1. The fourth-order valence-electron chi connectivity index (χ4n) is 3.74. The summed E-state index contributed by atoms with van der Waals surface area (Å²) in [5.74, 6) is 0.781. The second kappa shape index (κ2) is 5.35. The lowest BCUT2D eigenvalue weighted by Gasteiger charge is -2.58. The summed E-state index contributed by atoms with van der Waals surface area (Å²) >= 11 is 0. The summed E-state index contributed by atoms with van der Waals surface area (Å²) in [6.45, 7) is 2.36. The molecule has 0 bridgehead atoms. The first-order valence-corrected chi connectivity index (χ1v) is 7.23. The van der Waals surface area contributed by atoms with Gasteiger partial charge >= 0.3 is 0 Å². The molecular formula is C16H23NO3. The Bertz CT molecular complexity index is 463. The molecule has 1 aliphatic heterocycles. The molecular weight excluding hydrogens is 254 g/mol. The van der Waals surface area contributed by atoms with E-state index in [4.69, 9.17) is 9.47 Å². The molecule has 1 N–H and O–H groups in total. The summed E-state index contributed by atoms with van der Waals surface area (Å²) in [7, 11) is 3.81. The van der Waals surface area contributed by atoms with E-state index in [1.165, 1.54) is 13.1 Å². The van der Waals surface area contributed by atoms with Crippen LogP contribution in [0.1, 0.15) is 24.5 Å². The third-order valence-corrected chi connectivity index (χ3v) is 4.54. The Hall–Kier alpha value is -1.10. The molecule has 4 nitrogen and oxygen atoms in total. The molecule has 4 heteroatoms. The van der Waals surface area contributed by atoms with Gasteiger partial charge in [0.25, 0.3) is 0 Å². The number of aliphatic hydroxyl groups is 1. The van der Waals surface area contributed by atoms with Crippen LogP contribution in [0.3, 0.4) is 0 Å². The van der Waals surface area contributed by atoms with E-state index >= 15 is 0 Å². The van der Waals surface area contributed by atoms with Gasteiger partial charge in [0.15, 0.2) is 0 Å². The molecule has 1 spiro atoms. The molecule has 0 aromatic heterocycles. The molecule has 0 radical (unpaired) electrons. The average Bonchev–Trinajstić information content (AvgIpc) is 2.40. The van der Waals surface area contributed by atoms with Crippen LogP contribution in [0.5, 0.6) is 5.75 Å². The van der Waals surface area contributed by atoms with Crippen molar-refractivity contribution in [2.75, 3.05) is 33.9 Å². The summed E-state index contributed by atoms with van der Waals surface area (Å²) in [6.07, 6.45) is 2.21. The molecule has 1 aromatic rings. The van der Waals surface area contributed by atoms with Crippen LogP contribution >= 0.6 is 0 Å². The second-order valence-electron chi connectivity index (χ2n) is 6.25. The highest BCUT2D eigenvalue weighted by molar-refractivity contribution is 5.35. The molecule has 0 amide bonds. The number of para-hydroxylation sites is 1. The van der Waals surface area contributed by atoms with Crippen molar-refractivity contribution >= 4 is 0 Å². The van der Waals surface area contributed by atoms with Crippen molar-refractivity contribution in [1.29, 1.82) is 0 Å². The molecule has 1 saturated carbocycles. The zero-order chi connectivity index (χ0) is 14.2. The van der Waals surface area contributed by atoms with Gasteiger partial charge in [-0.1, -0.05) is 18.2 Å². The largest absolute Gasteiger partial charge is 0.496 e. The Kier molecular flexibility index (Phi) is 3.71. The van der Waals surface area contributed by atoms with Gasteiger partial charge in [0.2, 0.25) is 0 Å². The van der Waals surface area contributed by atoms with Gasteiger partial charge in [-0.15, -0.1) is 0 Å². The number of likely N-dealkylation sites (tertiary alicyclic amines) is 1. The van der Waals surface area contributed by atoms with Gasteiger partial charge in [-0.05, 0) is 26.0 Å². The Morgan fingerprint density at radius 1 is 1.35 bits per heavy atom. The minimum absolute atomic E-state index is 0.0101. The lowest BCUT2D eigenvalue weighted by molar-refractivity contribution is -0.171. The minimum atomic E-state index is -0.286. The van der Waals surface area contributed by atoms with Gasteiger partial charge in [0.1, 0.15) is 11.9 Å². The van der Waals surface area contributed by atoms with Crippen LogP contribution < -0.4 is 4.74 Å². The van der Waals surface area contributed by atoms with Crippen molar-refractivity contribution in [3.63, 3.8) is 0 Å². The number of methoxy groups -OCH3 is 1. The van der Waals surface area contributed by atoms with Crippen molar-refractivity contribution in [1.82, 2.24) is 4.90 Å². The normalized spacial score (nSPS) is 23.1. The SMILES string of the molecule is COc1ccccc1C(CO)OC1CC2(C1)CN(C)C2. The van der Waals surface area contributed by atoms with Crippen molar-refractivity contribution in [2.45, 2.75) is 25.0 Å². The third-order valence-electron chi connectivity index (χ3n) is 4.54. The molecule has 3 rings (SSSR count). The fourth-order valence-corrected chi connectivity index (χ4v) is 3.74. The second-order valence-corrected chi connectivity index (χ2v) is 6.25. The van der Waals surface area contributed by atoms with Crippen LogP contribution in [0, 0.1) is 5.41 Å². The number of hydrogen-bond donors (Lipinski definition) is 1. The predicted octanol–water partition coefficient (Wildman–Crippen LogP) is 1.84. The molecule has 1 saturated heterocycles. The van der Waals surface area contributed by atoms with Gasteiger partial charge in [-0.3, -0.25) is 0 Å². The summed E-state index contributed by atoms with van der Waals surface area (Å²) in [6, 6.07) is 7.75. The van der Waals surface area contributed by atoms with Crippen LogP contribution in [0.15, 0.2) is 24.3 Å². The van der Waals surface area contributed by atoms with Crippen molar-refractivity contribution < 1.29 is 14.6 Å². The fraction of sp³-hybridized carbons (Fsp3) is 0.625. The quantitative estimate of drug-likeness (QED) is 0.892. The molecule has 2 aliphatic rings. The number of hydrogen-bond acceptors (Lipinski definition) is 4. The zero-order valence-electron chi connectivity index (χ0n) is 12.2. The average molecular weight is 277 g/mol. The highest BCUT2D eigenvalue weighted by atomic mass is 16.5. The maximum atomic E-state index is 9.62. The van der Waals surface area contributed by atoms with E-state index in [1.54, 1.807) is 7.11 Å². The van der Waals surface area contributed by atoms with Gasteiger partial charge in [0.05, 0.1) is 19.8 Å². The molecule has 1 aromatic carbocycles. The van der Waals surface area contributed by atoms with Crippen LogP contribution in [0.25, 0.3) is 0 Å². The van der Waals surface area contributed by atoms with Crippen molar-refractivity contribution in [3.8, 4) is 5.75 Å². The number of aliphatic hydroxyl groups excluding tert-OH is 1. The molecule has 1 aliphatic carbocycles. The van der Waals surface area contributed by atoms with Gasteiger partial charge < -0.3 is 19.5 Å². The van der Waals surface area contributed by atoms with Crippen LogP contribution in [0.4, 0.5) is 0 Å². The summed E-state index contributed by atoms with van der Waals surface area (Å²) in [4.78, 5) is 2.35. The Balaban J connectivity index is 1.61. The topological polar surface area (TPSA) is 41.9 Å². The van der Waals surface area contributed by atoms with Crippen molar-refractivity contribution in [2.24, 2.45) is 5.41 Å². The highest BCUT2D eigenvalue weighted by Crippen LogP contribution is 2.50. The standard InChI is InChI=1S/C16H23NO3/c1-17-10-16(11-17)7-12(8-16)20-15(9-18)13-5-3-4-6-14(13)19-2/h3-6,12,15,18H,7-11H2,1-2H3. The van der Waals surface area contributed by atoms with Crippen LogP contribution in [-0.4, -0.2) is 50.0 Å². The van der Waals surface area contributed by atoms with Crippen LogP contribution in [0.2, 0.25) is 0 Å². The van der Waals surface area contributed by atoms with E-state index in [-0.39, 0.29) is 18.8 Å². The summed E-state index contributed by atoms with van der Waals surface area (Å²) in [5, 5.41) is 9.62. The summed E-state index contributed by atoms with van der Waals surface area (Å²) < 4.78 is 11.4. The molecule has 1 unspecified atom stereocenters. The lowest BCUT2D eigenvalue weighted by atomic mass is 9.62. The van der Waals surface area contributed by atoms with Gasteiger partial charge in [-0.25, -0.2) is 0 Å². The maximum absolute atomic E-state index is 9.62. The Labute approximate surface area is 120 Å². The highest BCUT2D eigenvalue weighted by Gasteiger charge is 2.52. The monoisotopic (exact) mass is 277 g/mol. The molecule has 20 heavy (non-hydrogen) atoms. The van der Waals surface area contributed by atoms with Crippen LogP contribution in [-0.2, 0) is 4.74 Å². The number of ether oxygens (including phenoxy) is 2. The van der Waals surface area contributed by atoms with Gasteiger partial charge in [-0.2, -0.15) is 0 Å². The number of rotatable bonds is 5. The zero-order valence-corrected chi connectivity index (χ0v) is 12.2. The first-order chi connectivity index (χ1) is 9.65. The molecule has 1 atom stereocenters. The third kappa shape index (κ3) is 2.43. The Morgan fingerprint density at radius 2 is 2.05 bits per heavy atom. The van der Waals surface area contributed by atoms with E-state index < -0.39 is 0 Å².